The Bertz CT molecular complexity index is 1050. The molecule has 0 atom stereocenters. The van der Waals surface area contributed by atoms with Crippen LogP contribution in [0.5, 0.6) is 5.75 Å². The van der Waals surface area contributed by atoms with Crippen LogP contribution in [-0.2, 0) is 13.0 Å². The van der Waals surface area contributed by atoms with Crippen LogP contribution in [0.25, 0.3) is 0 Å². The zero-order valence-corrected chi connectivity index (χ0v) is 17.4. The molecule has 0 N–H and O–H groups in total. The van der Waals surface area contributed by atoms with Gasteiger partial charge in [0, 0.05) is 31.0 Å². The van der Waals surface area contributed by atoms with Crippen molar-refractivity contribution in [2.24, 2.45) is 5.92 Å². The summed E-state index contributed by atoms with van der Waals surface area (Å²) in [4.78, 5) is 18.6. The fraction of sp³-hybridized carbons (Fsp3) is 0.269. The second-order valence-corrected chi connectivity index (χ2v) is 7.92. The topological polar surface area (TPSA) is 66.2 Å². The van der Waals surface area contributed by atoms with Crippen molar-refractivity contribution < 1.29 is 9.53 Å². The second kappa shape index (κ2) is 9.90. The summed E-state index contributed by atoms with van der Waals surface area (Å²) in [6.45, 7) is 2.06. The first-order valence-electron chi connectivity index (χ1n) is 10.6. The maximum atomic E-state index is 12.7. The summed E-state index contributed by atoms with van der Waals surface area (Å²) in [5, 5.41) is 9.04. The number of pyridine rings is 1. The molecule has 5 nitrogen and oxygen atoms in total. The Hall–Kier alpha value is -3.65. The number of ether oxygens (including phenoxy) is 1. The molecule has 1 fully saturated rings. The fourth-order valence-corrected chi connectivity index (χ4v) is 3.95. The van der Waals surface area contributed by atoms with Crippen molar-refractivity contribution in [1.82, 2.24) is 9.88 Å². The minimum Gasteiger partial charge on any atom is -0.489 e. The predicted molar refractivity (Wildman–Crippen MR) is 118 cm³/mol. The van der Waals surface area contributed by atoms with Crippen molar-refractivity contribution in [2.75, 3.05) is 13.1 Å². The number of carbonyl (C=O) groups excluding carboxylic acids is 1. The Morgan fingerprint density at radius 2 is 1.74 bits per heavy atom. The number of likely N-dealkylation sites (tertiary alicyclic amines) is 1. The van der Waals surface area contributed by atoms with Gasteiger partial charge in [0.1, 0.15) is 12.4 Å². The lowest BCUT2D eigenvalue weighted by molar-refractivity contribution is 0.0690. The number of rotatable bonds is 6. The van der Waals surface area contributed by atoms with E-state index in [0.29, 0.717) is 23.7 Å². The lowest BCUT2D eigenvalue weighted by Crippen LogP contribution is -2.38. The number of amides is 1. The van der Waals surface area contributed by atoms with Gasteiger partial charge in [-0.2, -0.15) is 5.26 Å². The van der Waals surface area contributed by atoms with Crippen LogP contribution in [0.15, 0.2) is 73.1 Å². The summed E-state index contributed by atoms with van der Waals surface area (Å²) >= 11 is 0. The van der Waals surface area contributed by atoms with E-state index in [1.165, 1.54) is 5.56 Å². The summed E-state index contributed by atoms with van der Waals surface area (Å²) < 4.78 is 5.77. The monoisotopic (exact) mass is 411 g/mol. The first-order chi connectivity index (χ1) is 15.2. The third kappa shape index (κ3) is 5.49. The summed E-state index contributed by atoms with van der Waals surface area (Å²) in [5.41, 5.74) is 3.58. The Morgan fingerprint density at radius 3 is 2.45 bits per heavy atom. The lowest BCUT2D eigenvalue weighted by atomic mass is 9.89. The zero-order valence-electron chi connectivity index (χ0n) is 17.4. The van der Waals surface area contributed by atoms with E-state index in [9.17, 15) is 4.79 Å². The number of hydrogen-bond donors (Lipinski definition) is 0. The molecule has 1 aromatic heterocycles. The van der Waals surface area contributed by atoms with E-state index < -0.39 is 0 Å². The van der Waals surface area contributed by atoms with Gasteiger partial charge in [0.05, 0.1) is 11.6 Å². The van der Waals surface area contributed by atoms with Crippen LogP contribution in [-0.4, -0.2) is 28.9 Å². The first kappa shape index (κ1) is 20.6. The van der Waals surface area contributed by atoms with Crippen molar-refractivity contribution in [3.05, 3.63) is 95.3 Å². The number of nitriles is 1. The largest absolute Gasteiger partial charge is 0.489 e. The predicted octanol–water partition coefficient (Wildman–Crippen LogP) is 4.63. The van der Waals surface area contributed by atoms with E-state index in [1.54, 1.807) is 36.7 Å². The van der Waals surface area contributed by atoms with Gasteiger partial charge in [0.25, 0.3) is 5.91 Å². The van der Waals surface area contributed by atoms with Crippen LogP contribution in [0.2, 0.25) is 0 Å². The molecule has 0 bridgehead atoms. The molecule has 2 aromatic carbocycles. The average molecular weight is 412 g/mol. The number of hydrogen-bond acceptors (Lipinski definition) is 4. The maximum absolute atomic E-state index is 12.7. The van der Waals surface area contributed by atoms with Crippen LogP contribution in [0.4, 0.5) is 0 Å². The van der Waals surface area contributed by atoms with Gasteiger partial charge in [-0.15, -0.1) is 0 Å². The molecule has 4 rings (SSSR count). The van der Waals surface area contributed by atoms with E-state index in [2.05, 4.69) is 35.3 Å². The Labute approximate surface area is 182 Å². The van der Waals surface area contributed by atoms with Gasteiger partial charge >= 0.3 is 0 Å². The van der Waals surface area contributed by atoms with E-state index in [-0.39, 0.29) is 5.91 Å². The van der Waals surface area contributed by atoms with Gasteiger partial charge in [0.15, 0.2) is 0 Å². The quantitative estimate of drug-likeness (QED) is 0.593. The lowest BCUT2D eigenvalue weighted by Gasteiger charge is -2.32. The second-order valence-electron chi connectivity index (χ2n) is 7.92. The third-order valence-corrected chi connectivity index (χ3v) is 5.74. The summed E-state index contributed by atoms with van der Waals surface area (Å²) in [7, 11) is 0. The minimum absolute atomic E-state index is 0.0223. The third-order valence-electron chi connectivity index (χ3n) is 5.74. The fourth-order valence-electron chi connectivity index (χ4n) is 3.95. The van der Waals surface area contributed by atoms with Crippen molar-refractivity contribution in [2.45, 2.75) is 25.9 Å². The van der Waals surface area contributed by atoms with Crippen LogP contribution in [0.3, 0.4) is 0 Å². The molecule has 0 unspecified atom stereocenters. The number of piperidine rings is 1. The van der Waals surface area contributed by atoms with Crippen molar-refractivity contribution in [1.29, 1.82) is 5.26 Å². The van der Waals surface area contributed by atoms with Gasteiger partial charge in [-0.05, 0) is 66.6 Å². The highest BCUT2D eigenvalue weighted by Crippen LogP contribution is 2.23. The van der Waals surface area contributed by atoms with Crippen molar-refractivity contribution in [3.63, 3.8) is 0 Å². The van der Waals surface area contributed by atoms with Gasteiger partial charge in [-0.3, -0.25) is 9.78 Å². The van der Waals surface area contributed by atoms with E-state index in [1.807, 2.05) is 17.0 Å². The minimum atomic E-state index is 0.0223. The normalized spacial score (nSPS) is 14.1. The molecule has 1 saturated heterocycles. The molecule has 0 spiro atoms. The Morgan fingerprint density at radius 1 is 1.03 bits per heavy atom. The van der Waals surface area contributed by atoms with Crippen LogP contribution in [0.1, 0.15) is 39.9 Å². The summed E-state index contributed by atoms with van der Waals surface area (Å²) in [6, 6.07) is 21.4. The molecule has 0 saturated carbocycles. The molecule has 1 amide bonds. The van der Waals surface area contributed by atoms with Gasteiger partial charge in [-0.1, -0.05) is 30.3 Å². The summed E-state index contributed by atoms with van der Waals surface area (Å²) in [5.74, 6) is 1.42. The molecule has 3 aromatic rings. The molecular weight excluding hydrogens is 386 g/mol. The highest BCUT2D eigenvalue weighted by molar-refractivity contribution is 5.94. The molecule has 0 radical (unpaired) electrons. The number of nitrogens with zero attached hydrogens (tertiary/aromatic N) is 3. The number of benzene rings is 2. The molecule has 0 aliphatic carbocycles. The van der Waals surface area contributed by atoms with E-state index in [0.717, 1.165) is 43.7 Å². The number of carbonyl (C=O) groups is 1. The van der Waals surface area contributed by atoms with E-state index >= 15 is 0 Å². The zero-order chi connectivity index (χ0) is 21.5. The molecule has 156 valence electrons. The van der Waals surface area contributed by atoms with Gasteiger partial charge in [0.2, 0.25) is 0 Å². The first-order valence-corrected chi connectivity index (χ1v) is 10.6. The molecule has 1 aliphatic heterocycles. The number of aromatic nitrogens is 1. The van der Waals surface area contributed by atoms with Crippen molar-refractivity contribution in [3.8, 4) is 11.8 Å². The molecule has 5 heteroatoms. The average Bonchev–Trinajstić information content (AvgIpc) is 2.84. The van der Waals surface area contributed by atoms with Crippen LogP contribution >= 0.6 is 0 Å². The van der Waals surface area contributed by atoms with Crippen LogP contribution < -0.4 is 4.74 Å². The molecule has 2 heterocycles. The van der Waals surface area contributed by atoms with Gasteiger partial charge in [-0.25, -0.2) is 0 Å². The molecule has 31 heavy (non-hydrogen) atoms. The van der Waals surface area contributed by atoms with E-state index in [4.69, 9.17) is 10.00 Å². The van der Waals surface area contributed by atoms with Crippen LogP contribution in [0, 0.1) is 17.2 Å². The summed E-state index contributed by atoms with van der Waals surface area (Å²) in [6.07, 6.45) is 6.46. The highest BCUT2D eigenvalue weighted by atomic mass is 16.5. The highest BCUT2D eigenvalue weighted by Gasteiger charge is 2.24. The standard InChI is InChI=1S/C26H25N3O2/c27-18-23-2-1-3-24(17-23)26(30)29-14-10-21(11-15-29)16-20-4-6-22(7-5-20)19-31-25-8-12-28-13-9-25/h1-9,12-13,17,21H,10-11,14-16,19H2. The smallest absolute Gasteiger partial charge is 0.253 e. The van der Waals surface area contributed by atoms with Gasteiger partial charge < -0.3 is 9.64 Å². The SMILES string of the molecule is N#Cc1cccc(C(=O)N2CCC(Cc3ccc(COc4ccncc4)cc3)CC2)c1. The Balaban J connectivity index is 1.26. The molecular formula is C26H25N3O2. The van der Waals surface area contributed by atoms with Crippen molar-refractivity contribution >= 4 is 5.91 Å². The maximum Gasteiger partial charge on any atom is 0.253 e. The Kier molecular flexibility index (Phi) is 6.59. The molecule has 1 aliphatic rings.